The van der Waals surface area contributed by atoms with E-state index in [1.807, 2.05) is 0 Å². The highest BCUT2D eigenvalue weighted by Gasteiger charge is 2.50. The first-order valence-corrected chi connectivity index (χ1v) is 6.44. The Morgan fingerprint density at radius 2 is 1.76 bits per heavy atom. The van der Waals surface area contributed by atoms with Crippen molar-refractivity contribution in [3.8, 4) is 0 Å². The van der Waals surface area contributed by atoms with Gasteiger partial charge in [-0.2, -0.15) is 0 Å². The minimum absolute atomic E-state index is 0.0569. The Morgan fingerprint density at radius 3 is 2.12 bits per heavy atom. The van der Waals surface area contributed by atoms with Crippen molar-refractivity contribution in [1.29, 1.82) is 0 Å². The standard InChI is InChI=1S/C14H27NO2/c1-12(2,3)13(4,5)9-15-10-14(7-8-14)11(16)17-6/h15H,7-10H2,1-6H3. The van der Waals surface area contributed by atoms with Crippen LogP contribution in [0.5, 0.6) is 0 Å². The summed E-state index contributed by atoms with van der Waals surface area (Å²) in [5.41, 5.74) is 0.240. The van der Waals surface area contributed by atoms with Gasteiger partial charge in [-0.05, 0) is 23.7 Å². The van der Waals surface area contributed by atoms with Crippen LogP contribution in [-0.2, 0) is 9.53 Å². The molecule has 0 bridgehead atoms. The van der Waals surface area contributed by atoms with Crippen LogP contribution in [0.2, 0.25) is 0 Å². The van der Waals surface area contributed by atoms with Gasteiger partial charge in [0.05, 0.1) is 12.5 Å². The molecule has 100 valence electrons. The molecule has 1 rings (SSSR count). The van der Waals surface area contributed by atoms with Crippen molar-refractivity contribution in [2.24, 2.45) is 16.2 Å². The minimum atomic E-state index is -0.220. The molecule has 0 aliphatic heterocycles. The van der Waals surface area contributed by atoms with Crippen LogP contribution in [0.3, 0.4) is 0 Å². The fourth-order valence-corrected chi connectivity index (χ4v) is 1.70. The van der Waals surface area contributed by atoms with Crippen molar-refractivity contribution in [1.82, 2.24) is 5.32 Å². The molecule has 17 heavy (non-hydrogen) atoms. The Morgan fingerprint density at radius 1 is 1.24 bits per heavy atom. The summed E-state index contributed by atoms with van der Waals surface area (Å²) in [4.78, 5) is 11.6. The maximum Gasteiger partial charge on any atom is 0.313 e. The van der Waals surface area contributed by atoms with Crippen molar-refractivity contribution >= 4 is 5.97 Å². The Kier molecular flexibility index (Phi) is 3.92. The van der Waals surface area contributed by atoms with Gasteiger partial charge < -0.3 is 10.1 Å². The van der Waals surface area contributed by atoms with Gasteiger partial charge in [-0.25, -0.2) is 0 Å². The molecule has 1 N–H and O–H groups in total. The van der Waals surface area contributed by atoms with Gasteiger partial charge >= 0.3 is 5.97 Å². The average Bonchev–Trinajstić information content (AvgIpc) is 2.96. The van der Waals surface area contributed by atoms with Gasteiger partial charge in [0.2, 0.25) is 0 Å². The van der Waals surface area contributed by atoms with Crippen LogP contribution >= 0.6 is 0 Å². The molecule has 0 aromatic heterocycles. The minimum Gasteiger partial charge on any atom is -0.469 e. The highest BCUT2D eigenvalue weighted by molar-refractivity contribution is 5.80. The van der Waals surface area contributed by atoms with E-state index in [1.54, 1.807) is 0 Å². The first-order valence-electron chi connectivity index (χ1n) is 6.44. The Labute approximate surface area is 105 Å². The van der Waals surface area contributed by atoms with Gasteiger partial charge in [0.25, 0.3) is 0 Å². The number of hydrogen-bond acceptors (Lipinski definition) is 3. The lowest BCUT2D eigenvalue weighted by Gasteiger charge is -2.39. The molecule has 1 aliphatic rings. The molecule has 1 saturated carbocycles. The molecular formula is C14H27NO2. The van der Waals surface area contributed by atoms with Crippen LogP contribution in [0.25, 0.3) is 0 Å². The largest absolute Gasteiger partial charge is 0.469 e. The summed E-state index contributed by atoms with van der Waals surface area (Å²) in [5, 5.41) is 3.45. The smallest absolute Gasteiger partial charge is 0.313 e. The van der Waals surface area contributed by atoms with E-state index >= 15 is 0 Å². The van der Waals surface area contributed by atoms with Gasteiger partial charge in [-0.3, -0.25) is 4.79 Å². The molecule has 3 heteroatoms. The van der Waals surface area contributed by atoms with E-state index in [4.69, 9.17) is 4.74 Å². The van der Waals surface area contributed by atoms with Crippen molar-refractivity contribution in [2.45, 2.75) is 47.5 Å². The molecule has 0 aromatic rings. The van der Waals surface area contributed by atoms with Crippen molar-refractivity contribution < 1.29 is 9.53 Å². The third-order valence-electron chi connectivity index (χ3n) is 4.53. The number of ether oxygens (including phenoxy) is 1. The van der Waals surface area contributed by atoms with Gasteiger partial charge in [-0.1, -0.05) is 34.6 Å². The number of nitrogens with one attached hydrogen (secondary N) is 1. The van der Waals surface area contributed by atoms with E-state index in [9.17, 15) is 4.79 Å². The second kappa shape index (κ2) is 4.60. The quantitative estimate of drug-likeness (QED) is 0.752. The predicted molar refractivity (Wildman–Crippen MR) is 69.8 cm³/mol. The molecule has 1 aliphatic carbocycles. The average molecular weight is 241 g/mol. The summed E-state index contributed by atoms with van der Waals surface area (Å²) in [6.07, 6.45) is 1.92. The van der Waals surface area contributed by atoms with Gasteiger partial charge in [0, 0.05) is 13.1 Å². The molecule has 1 fully saturated rings. The molecule has 0 spiro atoms. The molecule has 0 atom stereocenters. The van der Waals surface area contributed by atoms with Gasteiger partial charge in [-0.15, -0.1) is 0 Å². The van der Waals surface area contributed by atoms with E-state index in [-0.39, 0.29) is 22.2 Å². The Hall–Kier alpha value is -0.570. The highest BCUT2D eigenvalue weighted by Crippen LogP contribution is 2.46. The van der Waals surface area contributed by atoms with Gasteiger partial charge in [0.1, 0.15) is 0 Å². The van der Waals surface area contributed by atoms with E-state index < -0.39 is 0 Å². The van der Waals surface area contributed by atoms with Crippen LogP contribution in [0.15, 0.2) is 0 Å². The van der Waals surface area contributed by atoms with E-state index in [1.165, 1.54) is 7.11 Å². The summed E-state index contributed by atoms with van der Waals surface area (Å²) in [6, 6.07) is 0. The first kappa shape index (κ1) is 14.5. The lowest BCUT2D eigenvalue weighted by molar-refractivity contribution is -0.146. The molecule has 0 unspecified atom stereocenters. The molecule has 0 radical (unpaired) electrons. The normalized spacial score (nSPS) is 18.9. The first-order chi connectivity index (χ1) is 7.65. The summed E-state index contributed by atoms with van der Waals surface area (Å²) in [7, 11) is 1.47. The van der Waals surface area contributed by atoms with Crippen LogP contribution < -0.4 is 5.32 Å². The predicted octanol–water partition coefficient (Wildman–Crippen LogP) is 2.60. The lowest BCUT2D eigenvalue weighted by atomic mass is 9.69. The maximum absolute atomic E-state index is 11.6. The summed E-state index contributed by atoms with van der Waals surface area (Å²) in [5.74, 6) is -0.0569. The summed E-state index contributed by atoms with van der Waals surface area (Å²) < 4.78 is 4.85. The number of rotatable bonds is 5. The summed E-state index contributed by atoms with van der Waals surface area (Å²) >= 11 is 0. The van der Waals surface area contributed by atoms with Crippen molar-refractivity contribution in [3.63, 3.8) is 0 Å². The SMILES string of the molecule is COC(=O)C1(CNCC(C)(C)C(C)(C)C)CC1. The zero-order valence-electron chi connectivity index (χ0n) is 12.1. The van der Waals surface area contributed by atoms with E-state index in [2.05, 4.69) is 39.9 Å². The highest BCUT2D eigenvalue weighted by atomic mass is 16.5. The second-order valence-corrected chi connectivity index (χ2v) is 7.01. The number of hydrogen-bond donors (Lipinski definition) is 1. The Bertz CT molecular complexity index is 285. The third-order valence-corrected chi connectivity index (χ3v) is 4.53. The molecule has 0 amide bonds. The van der Waals surface area contributed by atoms with Crippen LogP contribution in [-0.4, -0.2) is 26.2 Å². The van der Waals surface area contributed by atoms with E-state index in [0.717, 1.165) is 25.9 Å². The fraction of sp³-hybridized carbons (Fsp3) is 0.929. The Balaban J connectivity index is 2.41. The van der Waals surface area contributed by atoms with Crippen molar-refractivity contribution in [2.75, 3.05) is 20.2 Å². The number of esters is 1. The second-order valence-electron chi connectivity index (χ2n) is 7.01. The lowest BCUT2D eigenvalue weighted by Crippen LogP contribution is -2.42. The van der Waals surface area contributed by atoms with Crippen LogP contribution in [0.1, 0.15) is 47.5 Å². The van der Waals surface area contributed by atoms with Crippen LogP contribution in [0, 0.1) is 16.2 Å². The maximum atomic E-state index is 11.6. The van der Waals surface area contributed by atoms with Gasteiger partial charge in [0.15, 0.2) is 0 Å². The van der Waals surface area contributed by atoms with Crippen LogP contribution in [0.4, 0.5) is 0 Å². The fourth-order valence-electron chi connectivity index (χ4n) is 1.70. The summed E-state index contributed by atoms with van der Waals surface area (Å²) in [6.45, 7) is 13.0. The number of carbonyl (C=O) groups excluding carboxylic acids is 1. The zero-order chi connectivity index (χ0) is 13.3. The molecule has 3 nitrogen and oxygen atoms in total. The molecule has 0 aromatic carbocycles. The number of methoxy groups -OCH3 is 1. The third kappa shape index (κ3) is 3.21. The zero-order valence-corrected chi connectivity index (χ0v) is 12.1. The topological polar surface area (TPSA) is 38.3 Å². The monoisotopic (exact) mass is 241 g/mol. The molecule has 0 heterocycles. The van der Waals surface area contributed by atoms with Crippen molar-refractivity contribution in [3.05, 3.63) is 0 Å². The number of carbonyl (C=O) groups is 1. The van der Waals surface area contributed by atoms with E-state index in [0.29, 0.717) is 0 Å². The molecule has 0 saturated heterocycles. The molecular weight excluding hydrogens is 214 g/mol.